The zero-order valence-electron chi connectivity index (χ0n) is 10.4. The Bertz CT molecular complexity index is 203. The number of amides is 1. The summed E-state index contributed by atoms with van der Waals surface area (Å²) in [5, 5.41) is 6.21. The average molecular weight is 228 g/mol. The van der Waals surface area contributed by atoms with Gasteiger partial charge in [-0.3, -0.25) is 4.79 Å². The fraction of sp³-hybridized carbons (Fsp3) is 0.917. The molecule has 1 aliphatic rings. The Balaban J connectivity index is 2.09. The van der Waals surface area contributed by atoms with Crippen LogP contribution < -0.4 is 10.6 Å². The van der Waals surface area contributed by atoms with Crippen LogP contribution in [0.1, 0.15) is 39.5 Å². The molecule has 0 bridgehead atoms. The molecule has 16 heavy (non-hydrogen) atoms. The maximum Gasteiger partial charge on any atom is 0.246 e. The molecule has 1 heterocycles. The van der Waals surface area contributed by atoms with Crippen molar-refractivity contribution in [3.05, 3.63) is 0 Å². The van der Waals surface area contributed by atoms with E-state index < -0.39 is 0 Å². The van der Waals surface area contributed by atoms with E-state index in [4.69, 9.17) is 4.74 Å². The number of carbonyl (C=O) groups excluding carboxylic acids is 1. The molecule has 1 amide bonds. The minimum absolute atomic E-state index is 0.0134. The van der Waals surface area contributed by atoms with E-state index in [1.807, 2.05) is 6.92 Å². The normalized spacial score (nSPS) is 19.4. The molecule has 94 valence electrons. The van der Waals surface area contributed by atoms with Gasteiger partial charge in [0.2, 0.25) is 5.91 Å². The van der Waals surface area contributed by atoms with Crippen molar-refractivity contribution in [3.8, 4) is 0 Å². The molecule has 4 heteroatoms. The lowest BCUT2D eigenvalue weighted by Gasteiger charge is -2.23. The van der Waals surface area contributed by atoms with E-state index in [-0.39, 0.29) is 24.7 Å². The summed E-state index contributed by atoms with van der Waals surface area (Å²) in [6.07, 6.45) is 4.40. The predicted octanol–water partition coefficient (Wildman–Crippen LogP) is 1.06. The van der Waals surface area contributed by atoms with Crippen molar-refractivity contribution < 1.29 is 9.53 Å². The van der Waals surface area contributed by atoms with E-state index in [9.17, 15) is 4.79 Å². The second-order valence-corrected chi connectivity index (χ2v) is 4.52. The third-order valence-corrected chi connectivity index (χ3v) is 2.87. The van der Waals surface area contributed by atoms with E-state index in [0.29, 0.717) is 0 Å². The zero-order valence-corrected chi connectivity index (χ0v) is 10.4. The maximum atomic E-state index is 11.5. The quantitative estimate of drug-likeness (QED) is 0.714. The Labute approximate surface area is 98.1 Å². The van der Waals surface area contributed by atoms with Gasteiger partial charge in [0.05, 0.1) is 6.10 Å². The number of rotatable bonds is 6. The summed E-state index contributed by atoms with van der Waals surface area (Å²) in [5.74, 6) is 0.0134. The highest BCUT2D eigenvalue weighted by Gasteiger charge is 2.15. The summed E-state index contributed by atoms with van der Waals surface area (Å²) >= 11 is 0. The molecular weight excluding hydrogens is 204 g/mol. The van der Waals surface area contributed by atoms with Crippen molar-refractivity contribution in [1.82, 2.24) is 10.6 Å². The molecule has 0 aromatic carbocycles. The van der Waals surface area contributed by atoms with Crippen LogP contribution in [-0.4, -0.2) is 37.7 Å². The number of nitrogens with one attached hydrogen (secondary N) is 2. The number of ether oxygens (including phenoxy) is 1. The molecule has 2 N–H and O–H groups in total. The van der Waals surface area contributed by atoms with Crippen molar-refractivity contribution in [1.29, 1.82) is 0 Å². The van der Waals surface area contributed by atoms with Gasteiger partial charge in [-0.05, 0) is 39.3 Å². The molecule has 0 spiro atoms. The lowest BCUT2D eigenvalue weighted by molar-refractivity contribution is -0.128. The first-order valence-electron chi connectivity index (χ1n) is 6.34. The van der Waals surface area contributed by atoms with E-state index >= 15 is 0 Å². The van der Waals surface area contributed by atoms with Gasteiger partial charge in [0.15, 0.2) is 0 Å². The summed E-state index contributed by atoms with van der Waals surface area (Å²) in [4.78, 5) is 11.5. The Morgan fingerprint density at radius 2 is 2.19 bits per heavy atom. The van der Waals surface area contributed by atoms with Gasteiger partial charge in [0.1, 0.15) is 6.61 Å². The first-order valence-corrected chi connectivity index (χ1v) is 6.34. The third-order valence-electron chi connectivity index (χ3n) is 2.87. The Kier molecular flexibility index (Phi) is 6.42. The molecule has 1 unspecified atom stereocenters. The van der Waals surface area contributed by atoms with Gasteiger partial charge in [-0.15, -0.1) is 0 Å². The van der Waals surface area contributed by atoms with Crippen LogP contribution >= 0.6 is 0 Å². The monoisotopic (exact) mass is 228 g/mol. The maximum absolute atomic E-state index is 11.5. The average Bonchev–Trinajstić information content (AvgIpc) is 2.28. The Morgan fingerprint density at radius 1 is 1.50 bits per heavy atom. The smallest absolute Gasteiger partial charge is 0.246 e. The van der Waals surface area contributed by atoms with Crippen molar-refractivity contribution in [2.24, 2.45) is 0 Å². The fourth-order valence-electron chi connectivity index (χ4n) is 1.98. The van der Waals surface area contributed by atoms with Gasteiger partial charge in [0.25, 0.3) is 0 Å². The lowest BCUT2D eigenvalue weighted by Crippen LogP contribution is -2.38. The topological polar surface area (TPSA) is 50.4 Å². The zero-order chi connectivity index (χ0) is 11.8. The highest BCUT2D eigenvalue weighted by atomic mass is 16.5. The minimum atomic E-state index is 0.0134. The van der Waals surface area contributed by atoms with Crippen LogP contribution in [0.5, 0.6) is 0 Å². The first kappa shape index (κ1) is 13.5. The third kappa shape index (κ3) is 5.47. The van der Waals surface area contributed by atoms with Crippen molar-refractivity contribution in [2.45, 2.75) is 51.7 Å². The molecule has 0 aromatic rings. The molecule has 0 aromatic heterocycles. The lowest BCUT2D eigenvalue weighted by atomic mass is 10.1. The molecule has 1 saturated heterocycles. The largest absolute Gasteiger partial charge is 0.368 e. The van der Waals surface area contributed by atoms with Crippen LogP contribution in [0.25, 0.3) is 0 Å². The van der Waals surface area contributed by atoms with E-state index in [0.717, 1.165) is 38.8 Å². The van der Waals surface area contributed by atoms with Gasteiger partial charge in [-0.1, -0.05) is 13.3 Å². The summed E-state index contributed by atoms with van der Waals surface area (Å²) in [7, 11) is 0. The highest BCUT2D eigenvalue weighted by molar-refractivity contribution is 5.77. The van der Waals surface area contributed by atoms with Crippen molar-refractivity contribution in [3.63, 3.8) is 0 Å². The number of piperidine rings is 1. The molecule has 0 radical (unpaired) electrons. The molecule has 1 fully saturated rings. The number of carbonyl (C=O) groups is 1. The molecule has 1 rings (SSSR count). The second-order valence-electron chi connectivity index (χ2n) is 4.52. The summed E-state index contributed by atoms with van der Waals surface area (Å²) in [5.41, 5.74) is 0. The highest BCUT2D eigenvalue weighted by Crippen LogP contribution is 2.06. The van der Waals surface area contributed by atoms with Crippen LogP contribution in [0, 0.1) is 0 Å². The van der Waals surface area contributed by atoms with Crippen LogP contribution in [-0.2, 0) is 9.53 Å². The van der Waals surface area contributed by atoms with Gasteiger partial charge in [0, 0.05) is 6.04 Å². The van der Waals surface area contributed by atoms with Crippen molar-refractivity contribution in [2.75, 3.05) is 19.7 Å². The summed E-state index contributed by atoms with van der Waals surface area (Å²) < 4.78 is 5.57. The first-order chi connectivity index (χ1) is 7.72. The molecule has 1 atom stereocenters. The second kappa shape index (κ2) is 7.63. The molecule has 4 nitrogen and oxygen atoms in total. The number of hydrogen-bond donors (Lipinski definition) is 2. The fourth-order valence-corrected chi connectivity index (χ4v) is 1.98. The van der Waals surface area contributed by atoms with E-state index in [1.54, 1.807) is 0 Å². The van der Waals surface area contributed by atoms with Gasteiger partial charge in [-0.25, -0.2) is 0 Å². The van der Waals surface area contributed by atoms with Crippen LogP contribution in [0.4, 0.5) is 0 Å². The van der Waals surface area contributed by atoms with Gasteiger partial charge < -0.3 is 15.4 Å². The Morgan fingerprint density at radius 3 is 2.81 bits per heavy atom. The van der Waals surface area contributed by atoms with Crippen LogP contribution in [0.3, 0.4) is 0 Å². The summed E-state index contributed by atoms with van der Waals surface area (Å²) in [6, 6.07) is 0.258. The predicted molar refractivity (Wildman–Crippen MR) is 64.4 cm³/mol. The van der Waals surface area contributed by atoms with Crippen molar-refractivity contribution >= 4 is 5.91 Å². The summed E-state index contributed by atoms with van der Waals surface area (Å²) in [6.45, 7) is 6.36. The van der Waals surface area contributed by atoms with Gasteiger partial charge in [-0.2, -0.15) is 0 Å². The van der Waals surface area contributed by atoms with Crippen LogP contribution in [0.2, 0.25) is 0 Å². The minimum Gasteiger partial charge on any atom is -0.368 e. The molecule has 0 saturated carbocycles. The van der Waals surface area contributed by atoms with Gasteiger partial charge >= 0.3 is 0 Å². The van der Waals surface area contributed by atoms with Crippen LogP contribution in [0.15, 0.2) is 0 Å². The molecule has 1 aliphatic heterocycles. The molecular formula is C12H24N2O2. The molecule has 0 aliphatic carbocycles. The SMILES string of the molecule is CCCC(C)NC(=O)COC1CCNCC1. The standard InChI is InChI=1S/C12H24N2O2/c1-3-4-10(2)14-12(15)9-16-11-5-7-13-8-6-11/h10-11,13H,3-9H2,1-2H3,(H,14,15). The Hall–Kier alpha value is -0.610. The van der Waals surface area contributed by atoms with E-state index in [1.165, 1.54) is 0 Å². The number of hydrogen-bond acceptors (Lipinski definition) is 3. The van der Waals surface area contributed by atoms with E-state index in [2.05, 4.69) is 17.6 Å².